The van der Waals surface area contributed by atoms with E-state index in [0.29, 0.717) is 36.8 Å². The Morgan fingerprint density at radius 2 is 1.90 bits per heavy atom. The normalized spacial score (nSPS) is 20.6. The smallest absolute Gasteiger partial charge is 0.305 e. The van der Waals surface area contributed by atoms with Crippen molar-refractivity contribution in [3.05, 3.63) is 47.5 Å². The van der Waals surface area contributed by atoms with Crippen LogP contribution in [0.2, 0.25) is 0 Å². The van der Waals surface area contributed by atoms with E-state index in [9.17, 15) is 9.59 Å². The van der Waals surface area contributed by atoms with Crippen molar-refractivity contribution >= 4 is 17.6 Å². The first-order chi connectivity index (χ1) is 14.1. The molecule has 5 rings (SSSR count). The second-order valence-corrected chi connectivity index (χ2v) is 7.28. The van der Waals surface area contributed by atoms with Crippen LogP contribution in [0.5, 0.6) is 17.2 Å². The SMILES string of the molecule is CCOC(=O)CCCN1C(=O)C2(COc3cc4c(cc32)OCO4)c2ccccc21. The molecule has 0 N–H and O–H groups in total. The fourth-order valence-corrected chi connectivity index (χ4v) is 4.40. The van der Waals surface area contributed by atoms with Crippen LogP contribution in [0.4, 0.5) is 5.69 Å². The number of hydrogen-bond donors (Lipinski definition) is 0. The van der Waals surface area contributed by atoms with E-state index >= 15 is 0 Å². The van der Waals surface area contributed by atoms with Crippen molar-refractivity contribution in [2.75, 3.05) is 31.5 Å². The predicted octanol–water partition coefficient (Wildman–Crippen LogP) is 2.78. The Morgan fingerprint density at radius 1 is 1.10 bits per heavy atom. The summed E-state index contributed by atoms with van der Waals surface area (Å²) < 4.78 is 21.9. The maximum atomic E-state index is 13.7. The van der Waals surface area contributed by atoms with E-state index in [-0.39, 0.29) is 31.7 Å². The highest BCUT2D eigenvalue weighted by molar-refractivity contribution is 6.11. The third kappa shape index (κ3) is 2.57. The molecule has 3 aliphatic rings. The molecule has 3 heterocycles. The molecule has 0 saturated carbocycles. The number of amides is 1. The maximum absolute atomic E-state index is 13.7. The van der Waals surface area contributed by atoms with Gasteiger partial charge in [-0.1, -0.05) is 18.2 Å². The maximum Gasteiger partial charge on any atom is 0.305 e. The largest absolute Gasteiger partial charge is 0.491 e. The third-order valence-electron chi connectivity index (χ3n) is 5.71. The van der Waals surface area contributed by atoms with Gasteiger partial charge in [0.05, 0.1) is 6.61 Å². The number of para-hydroxylation sites is 1. The Bertz CT molecular complexity index is 1000. The van der Waals surface area contributed by atoms with Gasteiger partial charge in [0.15, 0.2) is 11.5 Å². The zero-order valence-corrected chi connectivity index (χ0v) is 16.1. The number of anilines is 1. The van der Waals surface area contributed by atoms with E-state index < -0.39 is 5.41 Å². The monoisotopic (exact) mass is 395 g/mol. The minimum Gasteiger partial charge on any atom is -0.491 e. The van der Waals surface area contributed by atoms with Gasteiger partial charge in [0.25, 0.3) is 0 Å². The molecule has 0 saturated heterocycles. The molecule has 1 spiro atoms. The molecule has 0 aromatic heterocycles. The van der Waals surface area contributed by atoms with Gasteiger partial charge in [0, 0.05) is 30.3 Å². The Labute approximate surface area is 168 Å². The first kappa shape index (κ1) is 17.8. The number of fused-ring (bicyclic) bond motifs is 5. The molecule has 2 aromatic carbocycles. The molecule has 7 nitrogen and oxygen atoms in total. The molecule has 0 radical (unpaired) electrons. The Hall–Kier alpha value is -3.22. The average molecular weight is 395 g/mol. The molecule has 0 bridgehead atoms. The van der Waals surface area contributed by atoms with Gasteiger partial charge in [-0.3, -0.25) is 9.59 Å². The van der Waals surface area contributed by atoms with Gasteiger partial charge in [-0.25, -0.2) is 0 Å². The van der Waals surface area contributed by atoms with Gasteiger partial charge < -0.3 is 23.8 Å². The molecular weight excluding hydrogens is 374 g/mol. The number of hydrogen-bond acceptors (Lipinski definition) is 6. The number of benzene rings is 2. The predicted molar refractivity (Wildman–Crippen MR) is 104 cm³/mol. The topological polar surface area (TPSA) is 74.3 Å². The van der Waals surface area contributed by atoms with E-state index in [1.807, 2.05) is 30.3 Å². The lowest BCUT2D eigenvalue weighted by Crippen LogP contribution is -2.43. The molecule has 29 heavy (non-hydrogen) atoms. The summed E-state index contributed by atoms with van der Waals surface area (Å²) >= 11 is 0. The number of ether oxygens (including phenoxy) is 4. The van der Waals surface area contributed by atoms with Crippen LogP contribution < -0.4 is 19.1 Å². The highest BCUT2D eigenvalue weighted by atomic mass is 16.7. The lowest BCUT2D eigenvalue weighted by molar-refractivity contribution is -0.143. The summed E-state index contributed by atoms with van der Waals surface area (Å²) in [5.74, 6) is 1.61. The van der Waals surface area contributed by atoms with Gasteiger partial charge in [0.1, 0.15) is 17.8 Å². The molecule has 1 amide bonds. The van der Waals surface area contributed by atoms with Crippen molar-refractivity contribution in [1.82, 2.24) is 0 Å². The standard InChI is InChI=1S/C22H21NO6/c1-2-26-20(24)8-5-9-23-16-7-4-3-6-14(16)22(21(23)25)12-27-17-11-19-18(10-15(17)22)28-13-29-19/h3-4,6-7,10-11H,2,5,8-9,12-13H2,1H3. The fourth-order valence-electron chi connectivity index (χ4n) is 4.40. The second-order valence-electron chi connectivity index (χ2n) is 7.28. The average Bonchev–Trinajstić information content (AvgIpc) is 3.39. The minimum atomic E-state index is -0.906. The number of nitrogens with zero attached hydrogens (tertiary/aromatic N) is 1. The Morgan fingerprint density at radius 3 is 2.72 bits per heavy atom. The van der Waals surface area contributed by atoms with Crippen molar-refractivity contribution in [2.45, 2.75) is 25.2 Å². The van der Waals surface area contributed by atoms with Crippen molar-refractivity contribution in [3.8, 4) is 17.2 Å². The van der Waals surface area contributed by atoms with Crippen LogP contribution >= 0.6 is 0 Å². The zero-order chi connectivity index (χ0) is 20.0. The van der Waals surface area contributed by atoms with E-state index in [1.54, 1.807) is 17.9 Å². The second kappa shape index (κ2) is 6.69. The summed E-state index contributed by atoms with van der Waals surface area (Å²) in [4.78, 5) is 27.2. The van der Waals surface area contributed by atoms with Gasteiger partial charge in [-0.2, -0.15) is 0 Å². The summed E-state index contributed by atoms with van der Waals surface area (Å²) in [7, 11) is 0. The lowest BCUT2D eigenvalue weighted by Gasteiger charge is -2.23. The van der Waals surface area contributed by atoms with Crippen LogP contribution in [0.15, 0.2) is 36.4 Å². The summed E-state index contributed by atoms with van der Waals surface area (Å²) in [5, 5.41) is 0. The van der Waals surface area contributed by atoms with Crippen LogP contribution in [0, 0.1) is 0 Å². The van der Waals surface area contributed by atoms with E-state index in [1.165, 1.54) is 0 Å². The molecule has 0 aliphatic carbocycles. The molecule has 0 fully saturated rings. The quantitative estimate of drug-likeness (QED) is 0.725. The van der Waals surface area contributed by atoms with Crippen molar-refractivity contribution in [2.24, 2.45) is 0 Å². The zero-order valence-electron chi connectivity index (χ0n) is 16.1. The van der Waals surface area contributed by atoms with E-state index in [0.717, 1.165) is 16.8 Å². The minimum absolute atomic E-state index is 0.0415. The van der Waals surface area contributed by atoms with Crippen LogP contribution in [0.25, 0.3) is 0 Å². The van der Waals surface area contributed by atoms with Gasteiger partial charge in [-0.05, 0) is 31.0 Å². The highest BCUT2D eigenvalue weighted by Gasteiger charge is 2.57. The van der Waals surface area contributed by atoms with Crippen LogP contribution in [-0.4, -0.2) is 38.4 Å². The molecule has 1 atom stereocenters. The molecule has 1 unspecified atom stereocenters. The van der Waals surface area contributed by atoms with Crippen molar-refractivity contribution < 1.29 is 28.5 Å². The summed E-state index contributed by atoms with van der Waals surface area (Å²) in [6.45, 7) is 2.98. The van der Waals surface area contributed by atoms with Crippen LogP contribution in [0.1, 0.15) is 30.9 Å². The first-order valence-electron chi connectivity index (χ1n) is 9.79. The Balaban J connectivity index is 1.50. The Kier molecular flexibility index (Phi) is 4.12. The molecule has 150 valence electrons. The number of carbonyl (C=O) groups excluding carboxylic acids is 2. The first-order valence-corrected chi connectivity index (χ1v) is 9.79. The molecule has 7 heteroatoms. The van der Waals surface area contributed by atoms with Gasteiger partial charge in [0.2, 0.25) is 12.7 Å². The van der Waals surface area contributed by atoms with Crippen molar-refractivity contribution in [1.29, 1.82) is 0 Å². The third-order valence-corrected chi connectivity index (χ3v) is 5.71. The number of carbonyl (C=O) groups is 2. The van der Waals surface area contributed by atoms with Crippen molar-refractivity contribution in [3.63, 3.8) is 0 Å². The van der Waals surface area contributed by atoms with Crippen LogP contribution in [-0.2, 0) is 19.7 Å². The molecule has 2 aromatic rings. The summed E-state index contributed by atoms with van der Waals surface area (Å²) in [6, 6.07) is 11.4. The van der Waals surface area contributed by atoms with Gasteiger partial charge >= 0.3 is 5.97 Å². The number of esters is 1. The highest BCUT2D eigenvalue weighted by Crippen LogP contribution is 2.54. The number of rotatable bonds is 5. The summed E-state index contributed by atoms with van der Waals surface area (Å²) in [5.41, 5.74) is 1.66. The fraction of sp³-hybridized carbons (Fsp3) is 0.364. The molecule has 3 aliphatic heterocycles. The lowest BCUT2D eigenvalue weighted by atomic mass is 9.77. The molecular formula is C22H21NO6. The van der Waals surface area contributed by atoms with Gasteiger partial charge in [-0.15, -0.1) is 0 Å². The summed E-state index contributed by atoms with van der Waals surface area (Å²) in [6.07, 6.45) is 0.808. The van der Waals surface area contributed by atoms with E-state index in [2.05, 4.69) is 0 Å². The van der Waals surface area contributed by atoms with Crippen LogP contribution in [0.3, 0.4) is 0 Å². The van der Waals surface area contributed by atoms with E-state index in [4.69, 9.17) is 18.9 Å².